The van der Waals surface area contributed by atoms with Gasteiger partial charge in [0.15, 0.2) is 0 Å². The highest BCUT2D eigenvalue weighted by atomic mass is 35.5. The number of benzene rings is 2. The zero-order valence-corrected chi connectivity index (χ0v) is 10.5. The van der Waals surface area contributed by atoms with Crippen LogP contribution >= 0.6 is 23.2 Å². The molecule has 0 aliphatic carbocycles. The molecule has 0 unspecified atom stereocenters. The number of rotatable bonds is 2. The summed E-state index contributed by atoms with van der Waals surface area (Å²) in [6, 6.07) is 8.34. The normalized spacial score (nSPS) is 10.4. The van der Waals surface area contributed by atoms with Crippen molar-refractivity contribution in [2.75, 3.05) is 0 Å². The maximum Gasteiger partial charge on any atom is 0.336 e. The van der Waals surface area contributed by atoms with E-state index in [0.29, 0.717) is 0 Å². The smallest absolute Gasteiger partial charge is 0.336 e. The third kappa shape index (κ3) is 2.47. The summed E-state index contributed by atoms with van der Waals surface area (Å²) in [4.78, 5) is 11.1. The molecule has 1 N–H and O–H groups in total. The first-order chi connectivity index (χ1) is 8.49. The van der Waals surface area contributed by atoms with Gasteiger partial charge < -0.3 is 5.11 Å². The van der Waals surface area contributed by atoms with E-state index in [2.05, 4.69) is 0 Å². The Morgan fingerprint density at radius 2 is 1.56 bits per heavy atom. The molecule has 2 nitrogen and oxygen atoms in total. The van der Waals surface area contributed by atoms with Gasteiger partial charge in [-0.15, -0.1) is 0 Å². The van der Waals surface area contributed by atoms with E-state index in [9.17, 15) is 9.18 Å². The minimum absolute atomic E-state index is 0.0521. The molecule has 0 atom stereocenters. The van der Waals surface area contributed by atoms with Crippen LogP contribution in [0.3, 0.4) is 0 Å². The molecule has 18 heavy (non-hydrogen) atoms. The van der Waals surface area contributed by atoms with Crippen molar-refractivity contribution >= 4 is 29.2 Å². The van der Waals surface area contributed by atoms with Crippen molar-refractivity contribution in [2.45, 2.75) is 0 Å². The van der Waals surface area contributed by atoms with Crippen LogP contribution in [0.2, 0.25) is 10.0 Å². The maximum absolute atomic E-state index is 13.8. The molecule has 0 fully saturated rings. The van der Waals surface area contributed by atoms with E-state index in [0.717, 1.165) is 6.07 Å². The topological polar surface area (TPSA) is 37.3 Å². The Morgan fingerprint density at radius 1 is 1.00 bits per heavy atom. The summed E-state index contributed by atoms with van der Waals surface area (Å²) in [5.74, 6) is -1.74. The molecule has 0 spiro atoms. The van der Waals surface area contributed by atoms with Crippen molar-refractivity contribution in [3.63, 3.8) is 0 Å². The fourth-order valence-corrected chi connectivity index (χ4v) is 1.97. The average Bonchev–Trinajstić information content (AvgIpc) is 2.29. The van der Waals surface area contributed by atoms with Gasteiger partial charge in [-0.3, -0.25) is 0 Å². The van der Waals surface area contributed by atoms with Crippen LogP contribution in [0.15, 0.2) is 36.4 Å². The Morgan fingerprint density at radius 3 is 2.11 bits per heavy atom. The molecule has 5 heteroatoms. The van der Waals surface area contributed by atoms with Gasteiger partial charge in [0.05, 0.1) is 5.56 Å². The molecule has 0 aromatic heterocycles. The van der Waals surface area contributed by atoms with Crippen LogP contribution in [-0.4, -0.2) is 11.1 Å². The number of halogens is 3. The van der Waals surface area contributed by atoms with Crippen molar-refractivity contribution < 1.29 is 14.3 Å². The quantitative estimate of drug-likeness (QED) is 0.882. The van der Waals surface area contributed by atoms with Gasteiger partial charge >= 0.3 is 5.97 Å². The first kappa shape index (κ1) is 12.9. The van der Waals surface area contributed by atoms with E-state index in [1.807, 2.05) is 0 Å². The van der Waals surface area contributed by atoms with Crippen molar-refractivity contribution in [3.8, 4) is 11.1 Å². The Kier molecular flexibility index (Phi) is 3.55. The number of hydrogen-bond acceptors (Lipinski definition) is 1. The first-order valence-corrected chi connectivity index (χ1v) is 5.73. The maximum atomic E-state index is 13.8. The minimum atomic E-state index is -1.16. The lowest BCUT2D eigenvalue weighted by atomic mass is 9.99. The highest BCUT2D eigenvalue weighted by Gasteiger charge is 2.15. The van der Waals surface area contributed by atoms with Gasteiger partial charge in [0, 0.05) is 15.6 Å². The van der Waals surface area contributed by atoms with Crippen LogP contribution in [0.1, 0.15) is 10.4 Å². The second kappa shape index (κ2) is 4.96. The molecule has 2 aromatic rings. The summed E-state index contributed by atoms with van der Waals surface area (Å²) in [5.41, 5.74) is 0.387. The Labute approximate surface area is 113 Å². The van der Waals surface area contributed by atoms with Crippen LogP contribution in [0.4, 0.5) is 4.39 Å². The zero-order valence-electron chi connectivity index (χ0n) is 8.95. The van der Waals surface area contributed by atoms with E-state index in [-0.39, 0.29) is 26.7 Å². The van der Waals surface area contributed by atoms with Crippen LogP contribution in [0, 0.1) is 5.82 Å². The van der Waals surface area contributed by atoms with Gasteiger partial charge in [-0.1, -0.05) is 29.3 Å². The van der Waals surface area contributed by atoms with E-state index >= 15 is 0 Å². The summed E-state index contributed by atoms with van der Waals surface area (Å²) in [5, 5.41) is 9.62. The summed E-state index contributed by atoms with van der Waals surface area (Å²) in [7, 11) is 0. The van der Waals surface area contributed by atoms with Crippen molar-refractivity contribution in [1.29, 1.82) is 0 Å². The molecule has 0 saturated heterocycles. The molecule has 0 saturated carbocycles. The van der Waals surface area contributed by atoms with Gasteiger partial charge in [0.2, 0.25) is 0 Å². The van der Waals surface area contributed by atoms with Crippen molar-refractivity contribution in [2.24, 2.45) is 0 Å². The Bertz CT molecular complexity index is 626. The highest BCUT2D eigenvalue weighted by molar-refractivity contribution is 6.31. The van der Waals surface area contributed by atoms with Crippen LogP contribution < -0.4 is 0 Å². The monoisotopic (exact) mass is 284 g/mol. The molecule has 0 heterocycles. The van der Waals surface area contributed by atoms with Crippen LogP contribution in [-0.2, 0) is 0 Å². The van der Waals surface area contributed by atoms with Crippen LogP contribution in [0.25, 0.3) is 11.1 Å². The minimum Gasteiger partial charge on any atom is -0.478 e. The van der Waals surface area contributed by atoms with Crippen molar-refractivity contribution in [1.82, 2.24) is 0 Å². The summed E-state index contributed by atoms with van der Waals surface area (Å²) < 4.78 is 13.8. The number of hydrogen-bond donors (Lipinski definition) is 1. The van der Waals surface area contributed by atoms with Gasteiger partial charge in [-0.05, 0) is 35.9 Å². The fourth-order valence-electron chi connectivity index (χ4n) is 1.64. The predicted molar refractivity (Wildman–Crippen MR) is 68.8 cm³/mol. The van der Waals surface area contributed by atoms with Crippen molar-refractivity contribution in [3.05, 3.63) is 57.8 Å². The average molecular weight is 285 g/mol. The summed E-state index contributed by atoms with van der Waals surface area (Å²) >= 11 is 11.4. The molecule has 0 radical (unpaired) electrons. The van der Waals surface area contributed by atoms with Gasteiger partial charge in [0.25, 0.3) is 0 Å². The number of carbonyl (C=O) groups is 1. The van der Waals surface area contributed by atoms with E-state index < -0.39 is 11.8 Å². The third-order valence-corrected chi connectivity index (χ3v) is 2.90. The molecule has 0 aliphatic heterocycles. The van der Waals surface area contributed by atoms with Gasteiger partial charge in [-0.25, -0.2) is 9.18 Å². The second-order valence-corrected chi connectivity index (χ2v) is 4.49. The number of aromatic carboxylic acids is 1. The molecular formula is C13H7Cl2FO2. The lowest BCUT2D eigenvalue weighted by Crippen LogP contribution is -2.00. The molecular weight excluding hydrogens is 278 g/mol. The largest absolute Gasteiger partial charge is 0.478 e. The molecule has 0 aliphatic rings. The Hall–Kier alpha value is -1.58. The molecule has 92 valence electrons. The van der Waals surface area contributed by atoms with E-state index in [4.69, 9.17) is 28.3 Å². The zero-order chi connectivity index (χ0) is 13.3. The lowest BCUT2D eigenvalue weighted by molar-refractivity contribution is 0.0697. The highest BCUT2D eigenvalue weighted by Crippen LogP contribution is 2.30. The van der Waals surface area contributed by atoms with Gasteiger partial charge in [0.1, 0.15) is 5.82 Å². The van der Waals surface area contributed by atoms with Gasteiger partial charge in [-0.2, -0.15) is 0 Å². The molecule has 2 rings (SSSR count). The predicted octanol–water partition coefficient (Wildman–Crippen LogP) is 4.50. The second-order valence-electron chi connectivity index (χ2n) is 3.62. The molecule has 0 bridgehead atoms. The number of carboxylic acid groups (broad SMARTS) is 1. The van der Waals surface area contributed by atoms with E-state index in [1.54, 1.807) is 0 Å². The molecule has 0 amide bonds. The summed E-state index contributed by atoms with van der Waals surface area (Å²) in [6.07, 6.45) is 0. The third-order valence-electron chi connectivity index (χ3n) is 2.43. The van der Waals surface area contributed by atoms with Crippen LogP contribution in [0.5, 0.6) is 0 Å². The Balaban J connectivity index is 2.67. The summed E-state index contributed by atoms with van der Waals surface area (Å²) in [6.45, 7) is 0. The van der Waals surface area contributed by atoms with E-state index in [1.165, 1.54) is 30.3 Å². The number of carboxylic acids is 1. The fraction of sp³-hybridized carbons (Fsp3) is 0. The molecule has 2 aromatic carbocycles. The lowest BCUT2D eigenvalue weighted by Gasteiger charge is -2.08. The standard InChI is InChI=1S/C13H7Cl2FO2/c14-7-1-3-9(11(5-7)13(17)18)10-4-2-8(15)6-12(10)16/h1-6H,(H,17,18). The SMILES string of the molecule is O=C(O)c1cc(Cl)ccc1-c1ccc(Cl)cc1F. The first-order valence-electron chi connectivity index (χ1n) is 4.97.